The van der Waals surface area contributed by atoms with Crippen LogP contribution < -0.4 is 11.1 Å². The molecule has 2 aromatic rings. The van der Waals surface area contributed by atoms with E-state index in [0.717, 1.165) is 22.8 Å². The van der Waals surface area contributed by atoms with Gasteiger partial charge in [0, 0.05) is 24.0 Å². The topological polar surface area (TPSA) is 63.8 Å². The van der Waals surface area contributed by atoms with Crippen LogP contribution >= 0.6 is 0 Å². The highest BCUT2D eigenvalue weighted by molar-refractivity contribution is 5.48. The van der Waals surface area contributed by atoms with Gasteiger partial charge in [0.05, 0.1) is 0 Å². The Kier molecular flexibility index (Phi) is 3.00. The normalized spacial score (nSPS) is 10.1. The number of aryl methyl sites for hydroxylation is 1. The molecule has 0 saturated carbocycles. The molecular weight excluding hydrogens is 200 g/mol. The molecule has 0 aliphatic carbocycles. The standard InChI is InChI=1S/C12H14N4/c1-9-6-12(16-8-15-9)14-7-10-4-2-3-5-11(10)13/h2-6,8H,7,13H2,1H3,(H,14,15,16). The lowest BCUT2D eigenvalue weighted by molar-refractivity contribution is 1.06. The number of aromatic nitrogens is 2. The number of nitrogens with two attached hydrogens (primary N) is 1. The van der Waals surface area contributed by atoms with Crippen molar-refractivity contribution in [3.8, 4) is 0 Å². The zero-order valence-electron chi connectivity index (χ0n) is 9.14. The van der Waals surface area contributed by atoms with Gasteiger partial charge in [0.15, 0.2) is 0 Å². The zero-order valence-corrected chi connectivity index (χ0v) is 9.14. The maximum absolute atomic E-state index is 5.84. The Labute approximate surface area is 94.5 Å². The van der Waals surface area contributed by atoms with Crippen LogP contribution in [0.4, 0.5) is 11.5 Å². The lowest BCUT2D eigenvalue weighted by atomic mass is 10.2. The molecule has 1 aromatic carbocycles. The minimum Gasteiger partial charge on any atom is -0.398 e. The minimum absolute atomic E-state index is 0.670. The number of anilines is 2. The highest BCUT2D eigenvalue weighted by Crippen LogP contribution is 2.12. The van der Waals surface area contributed by atoms with Crippen LogP contribution in [-0.2, 0) is 6.54 Å². The van der Waals surface area contributed by atoms with Crippen molar-refractivity contribution in [2.45, 2.75) is 13.5 Å². The fourth-order valence-corrected chi connectivity index (χ4v) is 1.43. The molecule has 0 radical (unpaired) electrons. The van der Waals surface area contributed by atoms with Gasteiger partial charge in [-0.25, -0.2) is 9.97 Å². The molecule has 16 heavy (non-hydrogen) atoms. The summed E-state index contributed by atoms with van der Waals surface area (Å²) < 4.78 is 0. The van der Waals surface area contributed by atoms with E-state index in [-0.39, 0.29) is 0 Å². The fourth-order valence-electron chi connectivity index (χ4n) is 1.43. The highest BCUT2D eigenvalue weighted by Gasteiger charge is 1.98. The lowest BCUT2D eigenvalue weighted by Crippen LogP contribution is -2.04. The smallest absolute Gasteiger partial charge is 0.129 e. The predicted octanol–water partition coefficient (Wildman–Crippen LogP) is 1.98. The number of rotatable bonds is 3. The summed E-state index contributed by atoms with van der Waals surface area (Å²) in [5.41, 5.74) is 8.65. The van der Waals surface area contributed by atoms with E-state index in [9.17, 15) is 0 Å². The molecule has 0 atom stereocenters. The number of nitrogens with one attached hydrogen (secondary N) is 1. The van der Waals surface area contributed by atoms with Gasteiger partial charge in [0.2, 0.25) is 0 Å². The number of hydrogen-bond donors (Lipinski definition) is 2. The second-order valence-corrected chi connectivity index (χ2v) is 3.60. The second-order valence-electron chi connectivity index (χ2n) is 3.60. The molecule has 82 valence electrons. The van der Waals surface area contributed by atoms with Gasteiger partial charge >= 0.3 is 0 Å². The van der Waals surface area contributed by atoms with E-state index < -0.39 is 0 Å². The molecular formula is C12H14N4. The van der Waals surface area contributed by atoms with Crippen molar-refractivity contribution in [1.29, 1.82) is 0 Å². The van der Waals surface area contributed by atoms with Crippen molar-refractivity contribution in [2.75, 3.05) is 11.1 Å². The third kappa shape index (κ3) is 2.48. The molecule has 0 saturated heterocycles. The van der Waals surface area contributed by atoms with E-state index in [0.29, 0.717) is 6.54 Å². The van der Waals surface area contributed by atoms with E-state index >= 15 is 0 Å². The quantitative estimate of drug-likeness (QED) is 0.767. The molecule has 1 heterocycles. The minimum atomic E-state index is 0.670. The van der Waals surface area contributed by atoms with Gasteiger partial charge in [-0.05, 0) is 18.6 Å². The summed E-state index contributed by atoms with van der Waals surface area (Å²) in [6.07, 6.45) is 1.55. The van der Waals surface area contributed by atoms with Gasteiger partial charge in [-0.3, -0.25) is 0 Å². The fraction of sp³-hybridized carbons (Fsp3) is 0.167. The van der Waals surface area contributed by atoms with Gasteiger partial charge in [-0.2, -0.15) is 0 Å². The summed E-state index contributed by atoms with van der Waals surface area (Å²) in [4.78, 5) is 8.16. The molecule has 0 spiro atoms. The molecule has 0 aliphatic heterocycles. The average molecular weight is 214 g/mol. The maximum atomic E-state index is 5.84. The van der Waals surface area contributed by atoms with Crippen LogP contribution in [0.1, 0.15) is 11.3 Å². The first-order valence-corrected chi connectivity index (χ1v) is 5.11. The van der Waals surface area contributed by atoms with Gasteiger partial charge in [-0.1, -0.05) is 18.2 Å². The Morgan fingerprint density at radius 2 is 2.06 bits per heavy atom. The van der Waals surface area contributed by atoms with Crippen LogP contribution in [0.15, 0.2) is 36.7 Å². The predicted molar refractivity (Wildman–Crippen MR) is 65.0 cm³/mol. The molecule has 4 nitrogen and oxygen atoms in total. The monoisotopic (exact) mass is 214 g/mol. The van der Waals surface area contributed by atoms with Crippen molar-refractivity contribution in [2.24, 2.45) is 0 Å². The van der Waals surface area contributed by atoms with E-state index in [4.69, 9.17) is 5.73 Å². The lowest BCUT2D eigenvalue weighted by Gasteiger charge is -2.07. The zero-order chi connectivity index (χ0) is 11.4. The number of nitrogen functional groups attached to an aromatic ring is 1. The third-order valence-electron chi connectivity index (χ3n) is 2.32. The Bertz CT molecular complexity index is 482. The summed E-state index contributed by atoms with van der Waals surface area (Å²) in [5, 5.41) is 3.21. The van der Waals surface area contributed by atoms with E-state index in [1.807, 2.05) is 37.3 Å². The summed E-state index contributed by atoms with van der Waals surface area (Å²) in [6.45, 7) is 2.60. The summed E-state index contributed by atoms with van der Waals surface area (Å²) in [7, 11) is 0. The Morgan fingerprint density at radius 3 is 2.81 bits per heavy atom. The third-order valence-corrected chi connectivity index (χ3v) is 2.32. The maximum Gasteiger partial charge on any atom is 0.129 e. The molecule has 0 bridgehead atoms. The Morgan fingerprint density at radius 1 is 1.25 bits per heavy atom. The van der Waals surface area contributed by atoms with Crippen molar-refractivity contribution in [1.82, 2.24) is 9.97 Å². The largest absolute Gasteiger partial charge is 0.398 e. The molecule has 0 aliphatic rings. The average Bonchev–Trinajstić information content (AvgIpc) is 2.28. The van der Waals surface area contributed by atoms with E-state index in [2.05, 4.69) is 15.3 Å². The van der Waals surface area contributed by atoms with Gasteiger partial charge in [0.25, 0.3) is 0 Å². The van der Waals surface area contributed by atoms with Crippen molar-refractivity contribution < 1.29 is 0 Å². The number of benzene rings is 1. The summed E-state index contributed by atoms with van der Waals surface area (Å²) in [6, 6.07) is 9.68. The Balaban J connectivity index is 2.05. The molecule has 0 fully saturated rings. The van der Waals surface area contributed by atoms with Crippen LogP contribution in [0.25, 0.3) is 0 Å². The van der Waals surface area contributed by atoms with Crippen molar-refractivity contribution >= 4 is 11.5 Å². The van der Waals surface area contributed by atoms with Crippen LogP contribution in [0, 0.1) is 6.92 Å². The molecule has 4 heteroatoms. The van der Waals surface area contributed by atoms with E-state index in [1.54, 1.807) is 6.33 Å². The molecule has 1 aromatic heterocycles. The molecule has 3 N–H and O–H groups in total. The van der Waals surface area contributed by atoms with Crippen LogP contribution in [-0.4, -0.2) is 9.97 Å². The summed E-state index contributed by atoms with van der Waals surface area (Å²) >= 11 is 0. The second kappa shape index (κ2) is 4.61. The molecule has 0 unspecified atom stereocenters. The number of nitrogens with zero attached hydrogens (tertiary/aromatic N) is 2. The summed E-state index contributed by atoms with van der Waals surface area (Å²) in [5.74, 6) is 0.816. The van der Waals surface area contributed by atoms with Gasteiger partial charge < -0.3 is 11.1 Å². The molecule has 0 amide bonds. The van der Waals surface area contributed by atoms with Crippen LogP contribution in [0.3, 0.4) is 0 Å². The van der Waals surface area contributed by atoms with Crippen molar-refractivity contribution in [3.05, 3.63) is 47.9 Å². The van der Waals surface area contributed by atoms with Gasteiger partial charge in [-0.15, -0.1) is 0 Å². The SMILES string of the molecule is Cc1cc(NCc2ccccc2N)ncn1. The number of hydrogen-bond acceptors (Lipinski definition) is 4. The first-order chi connectivity index (χ1) is 7.75. The first kappa shape index (κ1) is 10.4. The van der Waals surface area contributed by atoms with E-state index in [1.165, 1.54) is 0 Å². The van der Waals surface area contributed by atoms with Gasteiger partial charge in [0.1, 0.15) is 12.1 Å². The highest BCUT2D eigenvalue weighted by atomic mass is 15.0. The van der Waals surface area contributed by atoms with Crippen molar-refractivity contribution in [3.63, 3.8) is 0 Å². The number of para-hydroxylation sites is 1. The molecule has 2 rings (SSSR count). The Hall–Kier alpha value is -2.10. The first-order valence-electron chi connectivity index (χ1n) is 5.11. The van der Waals surface area contributed by atoms with Crippen LogP contribution in [0.2, 0.25) is 0 Å². The van der Waals surface area contributed by atoms with Crippen LogP contribution in [0.5, 0.6) is 0 Å².